The molecule has 0 aromatic carbocycles. The SMILES string of the molecule is CC(C)Nc1c[n+]([O-])c(Br)cc1[N+](=O)[O-]. The van der Waals surface area contributed by atoms with Crippen LogP contribution in [0.3, 0.4) is 0 Å². The van der Waals surface area contributed by atoms with Crippen LogP contribution < -0.4 is 10.0 Å². The van der Waals surface area contributed by atoms with Crippen molar-refractivity contribution in [3.8, 4) is 0 Å². The summed E-state index contributed by atoms with van der Waals surface area (Å²) in [5.74, 6) is 0. The number of rotatable bonds is 3. The summed E-state index contributed by atoms with van der Waals surface area (Å²) in [4.78, 5) is 10.2. The molecule has 1 heterocycles. The normalized spacial score (nSPS) is 10.4. The van der Waals surface area contributed by atoms with E-state index >= 15 is 0 Å². The lowest BCUT2D eigenvalue weighted by Gasteiger charge is -2.09. The monoisotopic (exact) mass is 275 g/mol. The summed E-state index contributed by atoms with van der Waals surface area (Å²) >= 11 is 2.93. The molecule has 15 heavy (non-hydrogen) atoms. The molecule has 1 aromatic rings. The maximum absolute atomic E-state index is 11.2. The zero-order valence-corrected chi connectivity index (χ0v) is 9.82. The lowest BCUT2D eigenvalue weighted by atomic mass is 10.3. The van der Waals surface area contributed by atoms with Crippen molar-refractivity contribution in [3.05, 3.63) is 32.2 Å². The van der Waals surface area contributed by atoms with Crippen molar-refractivity contribution in [2.45, 2.75) is 19.9 Å². The van der Waals surface area contributed by atoms with Crippen LogP contribution in [-0.4, -0.2) is 11.0 Å². The molecule has 0 saturated heterocycles. The molecular formula is C8H10BrN3O3. The third-order valence-electron chi connectivity index (χ3n) is 1.63. The second kappa shape index (κ2) is 4.43. The molecule has 1 N–H and O–H groups in total. The van der Waals surface area contributed by atoms with Crippen LogP contribution in [0.25, 0.3) is 0 Å². The third-order valence-corrected chi connectivity index (χ3v) is 2.21. The number of pyridine rings is 1. The highest BCUT2D eigenvalue weighted by Crippen LogP contribution is 2.25. The molecule has 0 aliphatic carbocycles. The van der Waals surface area contributed by atoms with E-state index in [1.807, 2.05) is 13.8 Å². The lowest BCUT2D eigenvalue weighted by molar-refractivity contribution is -0.617. The summed E-state index contributed by atoms with van der Waals surface area (Å²) < 4.78 is 0.640. The molecule has 0 saturated carbocycles. The first-order chi connectivity index (χ1) is 6.91. The maximum atomic E-state index is 11.2. The first kappa shape index (κ1) is 11.7. The standard InChI is InChI=1S/C8H10BrN3O3/c1-5(2)10-6-4-11(13)8(9)3-7(6)12(14)15/h3-5,10H,1-2H3. The van der Waals surface area contributed by atoms with Crippen molar-refractivity contribution < 1.29 is 9.65 Å². The Morgan fingerprint density at radius 3 is 2.67 bits per heavy atom. The molecule has 0 aliphatic rings. The van der Waals surface area contributed by atoms with Crippen LogP contribution >= 0.6 is 15.9 Å². The van der Waals surface area contributed by atoms with E-state index < -0.39 is 4.92 Å². The van der Waals surface area contributed by atoms with Gasteiger partial charge in [-0.3, -0.25) is 10.1 Å². The summed E-state index contributed by atoms with van der Waals surface area (Å²) in [7, 11) is 0. The second-order valence-electron chi connectivity index (χ2n) is 3.28. The van der Waals surface area contributed by atoms with Crippen LogP contribution in [0.15, 0.2) is 16.9 Å². The molecule has 1 rings (SSSR count). The van der Waals surface area contributed by atoms with Gasteiger partial charge in [0.05, 0.1) is 11.0 Å². The van der Waals surface area contributed by atoms with Crippen molar-refractivity contribution in [3.63, 3.8) is 0 Å². The quantitative estimate of drug-likeness (QED) is 0.300. The van der Waals surface area contributed by atoms with Gasteiger partial charge in [-0.25, -0.2) is 0 Å². The van der Waals surface area contributed by atoms with Gasteiger partial charge in [0.1, 0.15) is 0 Å². The fourth-order valence-corrected chi connectivity index (χ4v) is 1.39. The van der Waals surface area contributed by atoms with E-state index in [0.29, 0.717) is 4.73 Å². The van der Waals surface area contributed by atoms with Gasteiger partial charge in [0.15, 0.2) is 5.69 Å². The number of halogens is 1. The fourth-order valence-electron chi connectivity index (χ4n) is 1.07. The third kappa shape index (κ3) is 2.79. The Kier molecular flexibility index (Phi) is 3.46. The molecule has 0 fully saturated rings. The molecule has 6 nitrogen and oxygen atoms in total. The number of aromatic nitrogens is 1. The Bertz CT molecular complexity index is 395. The van der Waals surface area contributed by atoms with Crippen molar-refractivity contribution in [1.29, 1.82) is 0 Å². The van der Waals surface area contributed by atoms with Crippen molar-refractivity contribution in [2.75, 3.05) is 5.32 Å². The summed E-state index contributed by atoms with van der Waals surface area (Å²) in [6, 6.07) is 1.20. The van der Waals surface area contributed by atoms with Gasteiger partial charge in [0.2, 0.25) is 6.20 Å². The Hall–Kier alpha value is -1.37. The minimum Gasteiger partial charge on any atom is -0.618 e. The summed E-state index contributed by atoms with van der Waals surface area (Å²) in [5.41, 5.74) is 0.0934. The molecule has 7 heteroatoms. The molecule has 0 unspecified atom stereocenters. The fraction of sp³-hybridized carbons (Fsp3) is 0.375. The average molecular weight is 276 g/mol. The second-order valence-corrected chi connectivity index (χ2v) is 4.09. The number of nitro groups is 1. The van der Waals surface area contributed by atoms with Crippen LogP contribution in [-0.2, 0) is 0 Å². The topological polar surface area (TPSA) is 82.1 Å². The van der Waals surface area contributed by atoms with Gasteiger partial charge in [-0.05, 0) is 13.8 Å². The van der Waals surface area contributed by atoms with Crippen molar-refractivity contribution >= 4 is 27.3 Å². The summed E-state index contributed by atoms with van der Waals surface area (Å²) in [6.07, 6.45) is 1.14. The minimum absolute atomic E-state index is 0.0184. The van der Waals surface area contributed by atoms with Crippen molar-refractivity contribution in [2.24, 2.45) is 0 Å². The van der Waals surface area contributed by atoms with Crippen LogP contribution in [0.5, 0.6) is 0 Å². The number of hydrogen-bond donors (Lipinski definition) is 1. The Morgan fingerprint density at radius 2 is 2.20 bits per heavy atom. The number of anilines is 1. The molecule has 0 radical (unpaired) electrons. The molecule has 0 amide bonds. The Morgan fingerprint density at radius 1 is 1.60 bits per heavy atom. The van der Waals surface area contributed by atoms with Crippen LogP contribution in [0, 0.1) is 15.3 Å². The van der Waals surface area contributed by atoms with Crippen LogP contribution in [0.1, 0.15) is 13.8 Å². The molecule has 0 aliphatic heterocycles. The number of hydrogen-bond acceptors (Lipinski definition) is 4. The van der Waals surface area contributed by atoms with Gasteiger partial charge in [-0.1, -0.05) is 0 Å². The first-order valence-electron chi connectivity index (χ1n) is 4.25. The highest BCUT2D eigenvalue weighted by Gasteiger charge is 2.20. The zero-order chi connectivity index (χ0) is 11.6. The van der Waals surface area contributed by atoms with E-state index in [4.69, 9.17) is 0 Å². The minimum atomic E-state index is -0.532. The van der Waals surface area contributed by atoms with Gasteiger partial charge in [0.25, 0.3) is 4.60 Å². The molecule has 0 atom stereocenters. The molecule has 1 aromatic heterocycles. The van der Waals surface area contributed by atoms with Gasteiger partial charge >= 0.3 is 5.69 Å². The highest BCUT2D eigenvalue weighted by molar-refractivity contribution is 9.10. The Labute approximate surface area is 94.8 Å². The first-order valence-corrected chi connectivity index (χ1v) is 5.04. The van der Waals surface area contributed by atoms with Gasteiger partial charge in [0, 0.05) is 22.0 Å². The average Bonchev–Trinajstić information content (AvgIpc) is 2.09. The largest absolute Gasteiger partial charge is 0.618 e. The lowest BCUT2D eigenvalue weighted by Crippen LogP contribution is -2.29. The van der Waals surface area contributed by atoms with Gasteiger partial charge < -0.3 is 10.5 Å². The number of nitrogens with zero attached hydrogens (tertiary/aromatic N) is 2. The van der Waals surface area contributed by atoms with Crippen molar-refractivity contribution in [1.82, 2.24) is 0 Å². The van der Waals surface area contributed by atoms with E-state index in [2.05, 4.69) is 21.2 Å². The van der Waals surface area contributed by atoms with Gasteiger partial charge in [-0.2, -0.15) is 4.73 Å². The molecular weight excluding hydrogens is 266 g/mol. The number of nitrogens with one attached hydrogen (secondary N) is 1. The van der Waals surface area contributed by atoms with Crippen LogP contribution in [0.4, 0.5) is 11.4 Å². The van der Waals surface area contributed by atoms with E-state index in [1.54, 1.807) is 0 Å². The molecule has 82 valence electrons. The highest BCUT2D eigenvalue weighted by atomic mass is 79.9. The predicted octanol–water partition coefficient (Wildman–Crippen LogP) is 1.81. The van der Waals surface area contributed by atoms with E-state index in [-0.39, 0.29) is 22.0 Å². The van der Waals surface area contributed by atoms with E-state index in [1.165, 1.54) is 6.07 Å². The summed E-state index contributed by atoms with van der Waals surface area (Å²) in [5, 5.41) is 24.7. The van der Waals surface area contributed by atoms with Gasteiger partial charge in [-0.15, -0.1) is 0 Å². The maximum Gasteiger partial charge on any atom is 0.305 e. The van der Waals surface area contributed by atoms with Crippen LogP contribution in [0.2, 0.25) is 0 Å². The van der Waals surface area contributed by atoms with E-state index in [9.17, 15) is 15.3 Å². The smallest absolute Gasteiger partial charge is 0.305 e. The molecule has 0 bridgehead atoms. The van der Waals surface area contributed by atoms with E-state index in [0.717, 1.165) is 6.20 Å². The zero-order valence-electron chi connectivity index (χ0n) is 8.23. The predicted molar refractivity (Wildman–Crippen MR) is 58.5 cm³/mol. The molecule has 0 spiro atoms. The summed E-state index contributed by atoms with van der Waals surface area (Å²) in [6.45, 7) is 3.67. The Balaban J connectivity index is 3.22.